The monoisotopic (exact) mass is 242 g/mol. The zero-order chi connectivity index (χ0) is 12.7. The Morgan fingerprint density at radius 1 is 0.812 bits per heavy atom. The predicted molar refractivity (Wildman–Crippen MR) is 50.2 cm³/mol. The molecule has 98 valence electrons. The molecule has 8 nitrogen and oxygen atoms in total. The molecule has 0 saturated heterocycles. The van der Waals surface area contributed by atoms with Gasteiger partial charge in [-0.05, 0) is 0 Å². The summed E-state index contributed by atoms with van der Waals surface area (Å²) in [5.74, 6) is 0. The highest BCUT2D eigenvalue weighted by Crippen LogP contribution is 2.09. The number of aliphatic hydroxyl groups excluding tert-OH is 7. The molecule has 0 amide bonds. The normalized spacial score (nSPS) is 21.2. The van der Waals surface area contributed by atoms with Gasteiger partial charge in [0.05, 0.1) is 19.8 Å². The second-order valence-electron chi connectivity index (χ2n) is 3.21. The molecule has 0 aliphatic heterocycles. The molecule has 8 heteroatoms. The van der Waals surface area contributed by atoms with Gasteiger partial charge < -0.3 is 40.5 Å². The summed E-state index contributed by atoms with van der Waals surface area (Å²) in [6.45, 7) is -1.45. The van der Waals surface area contributed by atoms with Gasteiger partial charge in [0.15, 0.2) is 6.29 Å². The third-order valence-electron chi connectivity index (χ3n) is 1.95. The summed E-state index contributed by atoms with van der Waals surface area (Å²) >= 11 is 0. The van der Waals surface area contributed by atoms with Crippen LogP contribution in [0, 0.1) is 0 Å². The molecule has 0 aromatic heterocycles. The van der Waals surface area contributed by atoms with Gasteiger partial charge in [-0.15, -0.1) is 0 Å². The van der Waals surface area contributed by atoms with Gasteiger partial charge in [-0.1, -0.05) is 0 Å². The van der Waals surface area contributed by atoms with Gasteiger partial charge in [-0.25, -0.2) is 0 Å². The van der Waals surface area contributed by atoms with Crippen LogP contribution in [0.4, 0.5) is 0 Å². The SMILES string of the molecule is OCCOC(O)[C@@H](O)[C@@H](O)[C@H](O)[C@H](O)CO. The van der Waals surface area contributed by atoms with Crippen molar-refractivity contribution in [3.8, 4) is 0 Å². The number of hydrogen-bond donors (Lipinski definition) is 7. The first-order chi connectivity index (χ1) is 7.45. The zero-order valence-electron chi connectivity index (χ0n) is 8.55. The van der Waals surface area contributed by atoms with Crippen molar-refractivity contribution in [3.05, 3.63) is 0 Å². The Hall–Kier alpha value is -0.320. The number of aliphatic hydroxyl groups is 7. The van der Waals surface area contributed by atoms with E-state index in [-0.39, 0.29) is 13.2 Å². The second-order valence-corrected chi connectivity index (χ2v) is 3.21. The van der Waals surface area contributed by atoms with Crippen molar-refractivity contribution in [1.29, 1.82) is 0 Å². The van der Waals surface area contributed by atoms with Crippen LogP contribution in [0.25, 0.3) is 0 Å². The topological polar surface area (TPSA) is 151 Å². The lowest BCUT2D eigenvalue weighted by Crippen LogP contribution is -2.50. The highest BCUT2D eigenvalue weighted by Gasteiger charge is 2.34. The maximum atomic E-state index is 9.28. The summed E-state index contributed by atoms with van der Waals surface area (Å²) in [5, 5.41) is 62.7. The van der Waals surface area contributed by atoms with Crippen LogP contribution in [-0.4, -0.2) is 86.3 Å². The van der Waals surface area contributed by atoms with Gasteiger partial charge in [0.25, 0.3) is 0 Å². The van der Waals surface area contributed by atoms with Crippen molar-refractivity contribution >= 4 is 0 Å². The Kier molecular flexibility index (Phi) is 7.72. The van der Waals surface area contributed by atoms with Gasteiger partial charge in [-0.2, -0.15) is 0 Å². The predicted octanol–water partition coefficient (Wildman–Crippen LogP) is -4.25. The van der Waals surface area contributed by atoms with E-state index < -0.39 is 37.3 Å². The Morgan fingerprint density at radius 2 is 1.38 bits per heavy atom. The number of hydrogen-bond acceptors (Lipinski definition) is 8. The molecule has 0 bridgehead atoms. The standard InChI is InChI=1S/C8H18O8/c9-1-2-16-8(15)7(14)6(13)5(12)4(11)3-10/h4-15H,1-3H2/t4-,5-,6+,7+,8?/m1/s1. The van der Waals surface area contributed by atoms with Crippen molar-refractivity contribution < 1.29 is 40.5 Å². The molecule has 16 heavy (non-hydrogen) atoms. The van der Waals surface area contributed by atoms with Crippen LogP contribution in [0.15, 0.2) is 0 Å². The van der Waals surface area contributed by atoms with E-state index >= 15 is 0 Å². The second kappa shape index (κ2) is 7.87. The van der Waals surface area contributed by atoms with Crippen molar-refractivity contribution in [2.45, 2.75) is 30.7 Å². The van der Waals surface area contributed by atoms with Crippen LogP contribution in [0.1, 0.15) is 0 Å². The molecule has 5 atom stereocenters. The van der Waals surface area contributed by atoms with Gasteiger partial charge in [-0.3, -0.25) is 0 Å². The highest BCUT2D eigenvalue weighted by molar-refractivity contribution is 4.81. The molecule has 0 radical (unpaired) electrons. The third kappa shape index (κ3) is 4.68. The lowest BCUT2D eigenvalue weighted by atomic mass is 10.0. The van der Waals surface area contributed by atoms with Crippen molar-refractivity contribution in [3.63, 3.8) is 0 Å². The Balaban J connectivity index is 4.19. The summed E-state index contributed by atoms with van der Waals surface area (Å²) in [6, 6.07) is 0. The minimum absolute atomic E-state index is 0.260. The molecule has 0 aromatic rings. The fourth-order valence-electron chi connectivity index (χ4n) is 0.978. The number of rotatable bonds is 8. The minimum atomic E-state index is -1.89. The molecule has 0 aliphatic rings. The average molecular weight is 242 g/mol. The first kappa shape index (κ1) is 15.7. The van der Waals surface area contributed by atoms with Crippen molar-refractivity contribution in [1.82, 2.24) is 0 Å². The van der Waals surface area contributed by atoms with E-state index in [0.29, 0.717) is 0 Å². The first-order valence-electron chi connectivity index (χ1n) is 4.69. The largest absolute Gasteiger partial charge is 0.394 e. The van der Waals surface area contributed by atoms with Gasteiger partial charge in [0.2, 0.25) is 0 Å². The summed E-state index contributed by atoms with van der Waals surface area (Å²) in [5.41, 5.74) is 0. The van der Waals surface area contributed by atoms with E-state index in [0.717, 1.165) is 0 Å². The molecule has 0 heterocycles. The minimum Gasteiger partial charge on any atom is -0.394 e. The molecule has 0 aromatic carbocycles. The maximum absolute atomic E-state index is 9.28. The fourth-order valence-corrected chi connectivity index (χ4v) is 0.978. The van der Waals surface area contributed by atoms with Crippen molar-refractivity contribution in [2.24, 2.45) is 0 Å². The molecular formula is C8H18O8. The van der Waals surface area contributed by atoms with Gasteiger partial charge in [0, 0.05) is 0 Å². The van der Waals surface area contributed by atoms with Crippen LogP contribution < -0.4 is 0 Å². The van der Waals surface area contributed by atoms with Crippen LogP contribution >= 0.6 is 0 Å². The molecule has 1 unspecified atom stereocenters. The average Bonchev–Trinajstić information content (AvgIpc) is 2.31. The van der Waals surface area contributed by atoms with E-state index in [2.05, 4.69) is 4.74 Å². The fraction of sp³-hybridized carbons (Fsp3) is 1.00. The quantitative estimate of drug-likeness (QED) is 0.211. The molecular weight excluding hydrogens is 224 g/mol. The summed E-state index contributed by atoms with van der Waals surface area (Å²) in [7, 11) is 0. The van der Waals surface area contributed by atoms with E-state index in [1.165, 1.54) is 0 Å². The Labute approximate surface area is 92.0 Å². The molecule has 7 N–H and O–H groups in total. The van der Waals surface area contributed by atoms with Crippen LogP contribution in [0.2, 0.25) is 0 Å². The van der Waals surface area contributed by atoms with E-state index in [1.807, 2.05) is 0 Å². The number of ether oxygens (including phenoxy) is 1. The van der Waals surface area contributed by atoms with Gasteiger partial charge in [0.1, 0.15) is 24.4 Å². The van der Waals surface area contributed by atoms with Crippen LogP contribution in [0.3, 0.4) is 0 Å². The highest BCUT2D eigenvalue weighted by atomic mass is 16.6. The Bertz CT molecular complexity index is 177. The van der Waals surface area contributed by atoms with E-state index in [4.69, 9.17) is 20.4 Å². The van der Waals surface area contributed by atoms with Crippen molar-refractivity contribution in [2.75, 3.05) is 19.8 Å². The first-order valence-corrected chi connectivity index (χ1v) is 4.69. The third-order valence-corrected chi connectivity index (χ3v) is 1.95. The van der Waals surface area contributed by atoms with E-state index in [1.54, 1.807) is 0 Å². The smallest absolute Gasteiger partial charge is 0.183 e. The lowest BCUT2D eigenvalue weighted by Gasteiger charge is -2.28. The molecule has 0 aliphatic carbocycles. The molecule has 0 saturated carbocycles. The summed E-state index contributed by atoms with van der Waals surface area (Å²) < 4.78 is 4.48. The molecule has 0 rings (SSSR count). The van der Waals surface area contributed by atoms with Crippen LogP contribution in [-0.2, 0) is 4.74 Å². The molecule has 0 spiro atoms. The zero-order valence-corrected chi connectivity index (χ0v) is 8.55. The Morgan fingerprint density at radius 3 is 1.81 bits per heavy atom. The van der Waals surface area contributed by atoms with Crippen LogP contribution in [0.5, 0.6) is 0 Å². The summed E-state index contributed by atoms with van der Waals surface area (Å²) in [6.07, 6.45) is -9.05. The van der Waals surface area contributed by atoms with E-state index in [9.17, 15) is 15.3 Å². The lowest BCUT2D eigenvalue weighted by molar-refractivity contribution is -0.213. The molecule has 0 fully saturated rings. The summed E-state index contributed by atoms with van der Waals surface area (Å²) in [4.78, 5) is 0. The maximum Gasteiger partial charge on any atom is 0.183 e. The van der Waals surface area contributed by atoms with Gasteiger partial charge >= 0.3 is 0 Å².